The average molecular weight is 342 g/mol. The van der Waals surface area contributed by atoms with Gasteiger partial charge >= 0.3 is 5.63 Å². The van der Waals surface area contributed by atoms with Gasteiger partial charge in [0, 0.05) is 18.1 Å². The monoisotopic (exact) mass is 342 g/mol. The lowest BCUT2D eigenvalue weighted by molar-refractivity contribution is -0.0445. The third kappa shape index (κ3) is 2.67. The Balaban J connectivity index is 1.94. The summed E-state index contributed by atoms with van der Waals surface area (Å²) in [6.45, 7) is 6.26. The maximum absolute atomic E-state index is 11.9. The number of hydrogen-bond donors (Lipinski definition) is 1. The van der Waals surface area contributed by atoms with Crippen LogP contribution in [-0.2, 0) is 6.42 Å². The first-order valence-electron chi connectivity index (χ1n) is 9.40. The smallest absolute Gasteiger partial charge is 0.336 e. The minimum absolute atomic E-state index is 0.291. The number of rotatable bonds is 1. The Morgan fingerprint density at radius 2 is 2.00 bits per heavy atom. The van der Waals surface area contributed by atoms with Crippen molar-refractivity contribution in [1.29, 1.82) is 0 Å². The fourth-order valence-electron chi connectivity index (χ4n) is 4.62. The molecule has 1 aromatic carbocycles. The zero-order valence-corrected chi connectivity index (χ0v) is 15.2. The normalized spacial score (nSPS) is 28.8. The summed E-state index contributed by atoms with van der Waals surface area (Å²) in [5.74, 6) is 1.45. The third-order valence-corrected chi connectivity index (χ3v) is 6.10. The average Bonchev–Trinajstić information content (AvgIpc) is 2.56. The highest BCUT2D eigenvalue weighted by Gasteiger charge is 2.44. The molecule has 1 unspecified atom stereocenters. The van der Waals surface area contributed by atoms with Crippen molar-refractivity contribution in [1.82, 2.24) is 0 Å². The number of benzene rings is 1. The van der Waals surface area contributed by atoms with Crippen molar-refractivity contribution in [3.8, 4) is 5.75 Å². The number of aliphatic hydroxyl groups is 1. The Morgan fingerprint density at radius 3 is 2.68 bits per heavy atom. The standard InChI is InChI=1S/C21H26O4/c1-4-14-10-17(23)24-16-9-13(3)18-15(22)11-21(25-20(18)19(14)16)7-5-12(2)6-8-21/h9-10,12,15,22H,4-8,11H2,1-3H3. The number of ether oxygens (including phenoxy) is 1. The Labute approximate surface area is 147 Å². The van der Waals surface area contributed by atoms with E-state index < -0.39 is 6.10 Å². The molecule has 0 radical (unpaired) electrons. The van der Waals surface area contributed by atoms with Crippen LogP contribution in [0.4, 0.5) is 0 Å². The maximum atomic E-state index is 11.9. The van der Waals surface area contributed by atoms with Crippen molar-refractivity contribution in [2.75, 3.05) is 0 Å². The topological polar surface area (TPSA) is 59.7 Å². The summed E-state index contributed by atoms with van der Waals surface area (Å²) in [6, 6.07) is 3.42. The van der Waals surface area contributed by atoms with Crippen LogP contribution < -0.4 is 10.4 Å². The van der Waals surface area contributed by atoms with Crippen LogP contribution >= 0.6 is 0 Å². The molecule has 1 aliphatic carbocycles. The predicted octanol–water partition coefficient (Wildman–Crippen LogP) is 4.43. The van der Waals surface area contributed by atoms with Gasteiger partial charge in [-0.2, -0.15) is 0 Å². The van der Waals surface area contributed by atoms with E-state index in [1.807, 2.05) is 19.9 Å². The van der Waals surface area contributed by atoms with Gasteiger partial charge in [0.25, 0.3) is 0 Å². The lowest BCUT2D eigenvalue weighted by atomic mass is 9.74. The summed E-state index contributed by atoms with van der Waals surface area (Å²) in [7, 11) is 0. The molecule has 25 heavy (non-hydrogen) atoms. The van der Waals surface area contributed by atoms with Crippen LogP contribution in [0.15, 0.2) is 21.3 Å². The van der Waals surface area contributed by atoms with Crippen LogP contribution in [0.25, 0.3) is 11.0 Å². The molecule has 1 aromatic heterocycles. The molecule has 2 aliphatic rings. The van der Waals surface area contributed by atoms with Gasteiger partial charge in [0.05, 0.1) is 11.5 Å². The first-order chi connectivity index (χ1) is 11.9. The molecule has 1 spiro atoms. The molecule has 4 heteroatoms. The van der Waals surface area contributed by atoms with Gasteiger partial charge in [-0.05, 0) is 62.1 Å². The second-order valence-electron chi connectivity index (χ2n) is 7.94. The van der Waals surface area contributed by atoms with Crippen molar-refractivity contribution >= 4 is 11.0 Å². The molecule has 2 heterocycles. The first kappa shape index (κ1) is 16.6. The zero-order chi connectivity index (χ0) is 17.8. The second kappa shape index (κ2) is 5.87. The van der Waals surface area contributed by atoms with Crippen molar-refractivity contribution < 1.29 is 14.3 Å². The molecule has 1 aliphatic heterocycles. The van der Waals surface area contributed by atoms with Gasteiger partial charge in [-0.1, -0.05) is 13.8 Å². The van der Waals surface area contributed by atoms with Crippen LogP contribution in [0.3, 0.4) is 0 Å². The lowest BCUT2D eigenvalue weighted by Crippen LogP contribution is -2.44. The molecular formula is C21H26O4. The van der Waals surface area contributed by atoms with Crippen LogP contribution in [0.5, 0.6) is 5.75 Å². The number of hydrogen-bond acceptors (Lipinski definition) is 4. The molecule has 2 aromatic rings. The highest BCUT2D eigenvalue weighted by Crippen LogP contribution is 2.50. The fraction of sp³-hybridized carbons (Fsp3) is 0.571. The summed E-state index contributed by atoms with van der Waals surface area (Å²) in [5, 5.41) is 11.8. The van der Waals surface area contributed by atoms with E-state index in [0.29, 0.717) is 17.9 Å². The van der Waals surface area contributed by atoms with E-state index in [-0.39, 0.29) is 11.2 Å². The van der Waals surface area contributed by atoms with Crippen LogP contribution in [0, 0.1) is 12.8 Å². The molecule has 0 amide bonds. The highest BCUT2D eigenvalue weighted by atomic mass is 16.5. The molecular weight excluding hydrogens is 316 g/mol. The summed E-state index contributed by atoms with van der Waals surface area (Å²) in [6.07, 6.45) is 5.04. The molecule has 134 valence electrons. The van der Waals surface area contributed by atoms with Crippen LogP contribution in [-0.4, -0.2) is 10.7 Å². The van der Waals surface area contributed by atoms with Crippen molar-refractivity contribution in [2.24, 2.45) is 5.92 Å². The minimum Gasteiger partial charge on any atom is -0.486 e. The number of fused-ring (bicyclic) bond motifs is 3. The second-order valence-corrected chi connectivity index (χ2v) is 7.94. The Hall–Kier alpha value is -1.81. The number of aryl methyl sites for hydroxylation is 2. The fourth-order valence-corrected chi connectivity index (χ4v) is 4.62. The van der Waals surface area contributed by atoms with E-state index in [1.165, 1.54) is 0 Å². The van der Waals surface area contributed by atoms with Gasteiger partial charge in [0.1, 0.15) is 16.9 Å². The van der Waals surface area contributed by atoms with Crippen molar-refractivity contribution in [2.45, 2.75) is 71.0 Å². The van der Waals surface area contributed by atoms with E-state index in [4.69, 9.17) is 9.15 Å². The molecule has 4 nitrogen and oxygen atoms in total. The highest BCUT2D eigenvalue weighted by molar-refractivity contribution is 5.89. The number of aliphatic hydroxyl groups excluding tert-OH is 1. The maximum Gasteiger partial charge on any atom is 0.336 e. The molecule has 1 fully saturated rings. The zero-order valence-electron chi connectivity index (χ0n) is 15.2. The Bertz CT molecular complexity index is 872. The third-order valence-electron chi connectivity index (χ3n) is 6.10. The lowest BCUT2D eigenvalue weighted by Gasteiger charge is -2.45. The van der Waals surface area contributed by atoms with E-state index in [1.54, 1.807) is 6.07 Å². The van der Waals surface area contributed by atoms with Crippen molar-refractivity contribution in [3.63, 3.8) is 0 Å². The summed E-state index contributed by atoms with van der Waals surface area (Å²) in [4.78, 5) is 11.9. The van der Waals surface area contributed by atoms with E-state index in [0.717, 1.165) is 59.9 Å². The Kier molecular flexibility index (Phi) is 3.91. The van der Waals surface area contributed by atoms with E-state index in [9.17, 15) is 9.90 Å². The van der Waals surface area contributed by atoms with E-state index in [2.05, 4.69) is 6.92 Å². The van der Waals surface area contributed by atoms with Crippen LogP contribution in [0.2, 0.25) is 0 Å². The molecule has 0 saturated heterocycles. The van der Waals surface area contributed by atoms with Gasteiger partial charge in [-0.3, -0.25) is 0 Å². The minimum atomic E-state index is -0.529. The van der Waals surface area contributed by atoms with Gasteiger partial charge in [-0.25, -0.2) is 4.79 Å². The molecule has 1 N–H and O–H groups in total. The van der Waals surface area contributed by atoms with Gasteiger partial charge in [-0.15, -0.1) is 0 Å². The quantitative estimate of drug-likeness (QED) is 0.779. The molecule has 1 atom stereocenters. The summed E-state index contributed by atoms with van der Waals surface area (Å²) < 4.78 is 12.1. The largest absolute Gasteiger partial charge is 0.486 e. The molecule has 0 bridgehead atoms. The van der Waals surface area contributed by atoms with E-state index >= 15 is 0 Å². The molecule has 1 saturated carbocycles. The van der Waals surface area contributed by atoms with Gasteiger partial charge in [0.15, 0.2) is 0 Å². The van der Waals surface area contributed by atoms with Gasteiger partial charge in [0.2, 0.25) is 0 Å². The Morgan fingerprint density at radius 1 is 1.28 bits per heavy atom. The predicted molar refractivity (Wildman–Crippen MR) is 97.2 cm³/mol. The SMILES string of the molecule is CCc1cc(=O)oc2cc(C)c3c(c12)OC1(CCC(C)CC1)CC3O. The van der Waals surface area contributed by atoms with Crippen molar-refractivity contribution in [3.05, 3.63) is 39.2 Å². The van der Waals surface area contributed by atoms with Crippen LogP contribution in [0.1, 0.15) is 68.7 Å². The summed E-state index contributed by atoms with van der Waals surface area (Å²) >= 11 is 0. The first-order valence-corrected chi connectivity index (χ1v) is 9.40. The van der Waals surface area contributed by atoms with Gasteiger partial charge < -0.3 is 14.3 Å². The summed E-state index contributed by atoms with van der Waals surface area (Å²) in [5.41, 5.74) is 2.65. The molecule has 4 rings (SSSR count).